The van der Waals surface area contributed by atoms with E-state index in [0.717, 1.165) is 36.7 Å². The van der Waals surface area contributed by atoms with E-state index in [2.05, 4.69) is 14.7 Å². The first-order chi connectivity index (χ1) is 11.2. The summed E-state index contributed by atoms with van der Waals surface area (Å²) in [5.74, 6) is 2.10. The third-order valence-electron chi connectivity index (χ3n) is 4.66. The number of fused-ring (bicyclic) bond motifs is 1. The van der Waals surface area contributed by atoms with Gasteiger partial charge in [-0.05, 0) is 19.8 Å². The largest absolute Gasteiger partial charge is 0.378 e. The van der Waals surface area contributed by atoms with Crippen LogP contribution in [0.3, 0.4) is 0 Å². The summed E-state index contributed by atoms with van der Waals surface area (Å²) in [7, 11) is 1.67. The average molecular weight is 316 g/mol. The van der Waals surface area contributed by atoms with Crippen LogP contribution in [-0.2, 0) is 17.9 Å². The van der Waals surface area contributed by atoms with Gasteiger partial charge in [0.25, 0.3) is 5.91 Å². The molecule has 0 N–H and O–H groups in total. The Hall–Kier alpha value is -2.15. The predicted octanol–water partition coefficient (Wildman–Crippen LogP) is 2.11. The summed E-state index contributed by atoms with van der Waals surface area (Å²) in [4.78, 5) is 19.0. The van der Waals surface area contributed by atoms with Crippen molar-refractivity contribution >= 4 is 5.91 Å². The first-order valence-corrected chi connectivity index (χ1v) is 8.00. The molecule has 4 rings (SSSR count). The molecule has 0 aromatic carbocycles. The van der Waals surface area contributed by atoms with Gasteiger partial charge in [0.1, 0.15) is 11.6 Å². The van der Waals surface area contributed by atoms with Gasteiger partial charge in [0.2, 0.25) is 0 Å². The van der Waals surface area contributed by atoms with Gasteiger partial charge in [-0.3, -0.25) is 4.79 Å². The zero-order chi connectivity index (χ0) is 16.0. The molecule has 0 bridgehead atoms. The number of nitrogens with zero attached hydrogens (tertiary/aromatic N) is 4. The Morgan fingerprint density at radius 2 is 2.26 bits per heavy atom. The SMILES string of the molecule is COCc1cnc2n1CCN(C(=O)c1cc(C3CC3)on1)C2C. The fraction of sp³-hybridized carbons (Fsp3) is 0.562. The Morgan fingerprint density at radius 1 is 1.43 bits per heavy atom. The van der Waals surface area contributed by atoms with Gasteiger partial charge >= 0.3 is 0 Å². The van der Waals surface area contributed by atoms with Crippen LogP contribution in [0.1, 0.15) is 59.5 Å². The number of methoxy groups -OCH3 is 1. The minimum atomic E-state index is -0.0945. The van der Waals surface area contributed by atoms with Crippen molar-refractivity contribution in [3.63, 3.8) is 0 Å². The quantitative estimate of drug-likeness (QED) is 0.864. The molecule has 2 aliphatic rings. The summed E-state index contributed by atoms with van der Waals surface area (Å²) in [6.07, 6.45) is 4.08. The van der Waals surface area contributed by atoms with E-state index in [0.29, 0.717) is 24.8 Å². The smallest absolute Gasteiger partial charge is 0.276 e. The van der Waals surface area contributed by atoms with Gasteiger partial charge in [0.05, 0.1) is 24.5 Å². The molecule has 1 aliphatic heterocycles. The second-order valence-electron chi connectivity index (χ2n) is 6.26. The minimum Gasteiger partial charge on any atom is -0.378 e. The van der Waals surface area contributed by atoms with E-state index >= 15 is 0 Å². The Labute approximate surface area is 134 Å². The molecule has 1 atom stereocenters. The van der Waals surface area contributed by atoms with Crippen LogP contribution >= 0.6 is 0 Å². The molecule has 2 aromatic rings. The molecule has 3 heterocycles. The molecule has 7 nitrogen and oxygen atoms in total. The molecule has 1 amide bonds. The molecule has 0 radical (unpaired) electrons. The number of aromatic nitrogens is 3. The number of hydrogen-bond donors (Lipinski definition) is 0. The second kappa shape index (κ2) is 5.49. The molecule has 2 aromatic heterocycles. The molecule has 0 spiro atoms. The molecule has 1 aliphatic carbocycles. The highest BCUT2D eigenvalue weighted by molar-refractivity contribution is 5.92. The zero-order valence-electron chi connectivity index (χ0n) is 13.4. The lowest BCUT2D eigenvalue weighted by atomic mass is 10.1. The topological polar surface area (TPSA) is 73.4 Å². The average Bonchev–Trinajstić information content (AvgIpc) is 3.13. The van der Waals surface area contributed by atoms with Crippen molar-refractivity contribution < 1.29 is 14.1 Å². The lowest BCUT2D eigenvalue weighted by molar-refractivity contribution is 0.0622. The fourth-order valence-corrected chi connectivity index (χ4v) is 3.20. The van der Waals surface area contributed by atoms with Crippen molar-refractivity contribution in [1.29, 1.82) is 0 Å². The van der Waals surface area contributed by atoms with E-state index in [-0.39, 0.29) is 11.9 Å². The van der Waals surface area contributed by atoms with Crippen molar-refractivity contribution in [3.05, 3.63) is 35.2 Å². The van der Waals surface area contributed by atoms with Crippen molar-refractivity contribution in [2.24, 2.45) is 0 Å². The van der Waals surface area contributed by atoms with E-state index in [9.17, 15) is 4.79 Å². The number of imidazole rings is 1. The van der Waals surface area contributed by atoms with Gasteiger partial charge in [-0.15, -0.1) is 0 Å². The molecule has 1 unspecified atom stereocenters. The molecule has 1 saturated carbocycles. The number of amides is 1. The summed E-state index contributed by atoms with van der Waals surface area (Å²) >= 11 is 0. The van der Waals surface area contributed by atoms with Crippen molar-refractivity contribution in [3.8, 4) is 0 Å². The van der Waals surface area contributed by atoms with E-state index in [4.69, 9.17) is 9.26 Å². The molecule has 1 fully saturated rings. The third kappa shape index (κ3) is 2.45. The van der Waals surface area contributed by atoms with E-state index < -0.39 is 0 Å². The van der Waals surface area contributed by atoms with Crippen LogP contribution in [-0.4, -0.2) is 39.2 Å². The van der Waals surface area contributed by atoms with Crippen LogP contribution < -0.4 is 0 Å². The number of carbonyl (C=O) groups is 1. The lowest BCUT2D eigenvalue weighted by Crippen LogP contribution is -2.41. The lowest BCUT2D eigenvalue weighted by Gasteiger charge is -2.33. The van der Waals surface area contributed by atoms with Crippen LogP contribution in [0.4, 0.5) is 0 Å². The number of ether oxygens (including phenoxy) is 1. The Morgan fingerprint density at radius 3 is 3.00 bits per heavy atom. The minimum absolute atomic E-state index is 0.0873. The maximum Gasteiger partial charge on any atom is 0.276 e. The van der Waals surface area contributed by atoms with Crippen LogP contribution in [0.2, 0.25) is 0 Å². The zero-order valence-corrected chi connectivity index (χ0v) is 13.4. The maximum atomic E-state index is 12.8. The van der Waals surface area contributed by atoms with Crippen LogP contribution in [0.15, 0.2) is 16.8 Å². The molecular weight excluding hydrogens is 296 g/mol. The summed E-state index contributed by atoms with van der Waals surface area (Å²) in [5.41, 5.74) is 1.44. The Bertz CT molecular complexity index is 732. The van der Waals surface area contributed by atoms with Gasteiger partial charge in [-0.1, -0.05) is 5.16 Å². The molecule has 0 saturated heterocycles. The van der Waals surface area contributed by atoms with Crippen molar-refractivity contribution in [1.82, 2.24) is 19.6 Å². The van der Waals surface area contributed by atoms with Crippen LogP contribution in [0.5, 0.6) is 0 Å². The van der Waals surface area contributed by atoms with Gasteiger partial charge in [-0.2, -0.15) is 0 Å². The molecule has 122 valence electrons. The predicted molar refractivity (Wildman–Crippen MR) is 80.9 cm³/mol. The Kier molecular flexibility index (Phi) is 3.45. The van der Waals surface area contributed by atoms with Crippen LogP contribution in [0.25, 0.3) is 0 Å². The molecule has 23 heavy (non-hydrogen) atoms. The monoisotopic (exact) mass is 316 g/mol. The van der Waals surface area contributed by atoms with E-state index in [1.54, 1.807) is 13.2 Å². The number of carbonyl (C=O) groups excluding carboxylic acids is 1. The summed E-state index contributed by atoms with van der Waals surface area (Å²) < 4.78 is 12.6. The Balaban J connectivity index is 1.55. The third-order valence-corrected chi connectivity index (χ3v) is 4.66. The molecule has 7 heteroatoms. The summed E-state index contributed by atoms with van der Waals surface area (Å²) in [5, 5.41) is 3.96. The number of rotatable bonds is 4. The van der Waals surface area contributed by atoms with Gasteiger partial charge in [0, 0.05) is 32.2 Å². The molecular formula is C16H20N4O3. The van der Waals surface area contributed by atoms with Gasteiger partial charge in [0.15, 0.2) is 5.69 Å². The highest BCUT2D eigenvalue weighted by Crippen LogP contribution is 2.40. The van der Waals surface area contributed by atoms with Gasteiger partial charge in [-0.25, -0.2) is 4.98 Å². The van der Waals surface area contributed by atoms with E-state index in [1.807, 2.05) is 18.0 Å². The normalized spacial score (nSPS) is 20.6. The highest BCUT2D eigenvalue weighted by Gasteiger charge is 2.34. The fourth-order valence-electron chi connectivity index (χ4n) is 3.20. The summed E-state index contributed by atoms with van der Waals surface area (Å²) in [6, 6.07) is 1.70. The van der Waals surface area contributed by atoms with E-state index in [1.165, 1.54) is 0 Å². The standard InChI is InChI=1S/C16H20N4O3/c1-10-15-17-8-12(9-22-2)20(15)6-5-19(10)16(21)13-7-14(23-18-13)11-3-4-11/h7-8,10-11H,3-6,9H2,1-2H3. The van der Waals surface area contributed by atoms with Crippen LogP contribution in [0, 0.1) is 0 Å². The first kappa shape index (κ1) is 14.4. The number of hydrogen-bond acceptors (Lipinski definition) is 5. The first-order valence-electron chi connectivity index (χ1n) is 8.00. The van der Waals surface area contributed by atoms with Gasteiger partial charge < -0.3 is 18.7 Å². The maximum absolute atomic E-state index is 12.8. The summed E-state index contributed by atoms with van der Waals surface area (Å²) in [6.45, 7) is 3.87. The van der Waals surface area contributed by atoms with Crippen molar-refractivity contribution in [2.45, 2.75) is 44.9 Å². The van der Waals surface area contributed by atoms with Crippen molar-refractivity contribution in [2.75, 3.05) is 13.7 Å². The second-order valence-corrected chi connectivity index (χ2v) is 6.26. The highest BCUT2D eigenvalue weighted by atomic mass is 16.5.